The lowest BCUT2D eigenvalue weighted by Crippen LogP contribution is -2.46. The van der Waals surface area contributed by atoms with Crippen LogP contribution in [-0.4, -0.2) is 74.3 Å². The second kappa shape index (κ2) is 11.1. The molecule has 0 spiro atoms. The van der Waals surface area contributed by atoms with Gasteiger partial charge in [0.05, 0.1) is 12.0 Å². The van der Waals surface area contributed by atoms with Crippen LogP contribution in [-0.2, 0) is 13.6 Å². The summed E-state index contributed by atoms with van der Waals surface area (Å²) in [5.74, 6) is -0.315. The Morgan fingerprint density at radius 2 is 1.68 bits per heavy atom. The Labute approximate surface area is 216 Å². The van der Waals surface area contributed by atoms with E-state index in [4.69, 9.17) is 0 Å². The van der Waals surface area contributed by atoms with Crippen LogP contribution in [0, 0.1) is 6.92 Å². The van der Waals surface area contributed by atoms with Gasteiger partial charge >= 0.3 is 0 Å². The summed E-state index contributed by atoms with van der Waals surface area (Å²) in [6, 6.07) is 18.2. The number of amides is 1. The molecular formula is C28H33N7O2. The van der Waals surface area contributed by atoms with E-state index in [9.17, 15) is 9.59 Å². The van der Waals surface area contributed by atoms with E-state index >= 15 is 0 Å². The number of benzene rings is 2. The van der Waals surface area contributed by atoms with Crippen molar-refractivity contribution in [1.82, 2.24) is 34.4 Å². The minimum Gasteiger partial charge on any atom is -0.351 e. The standard InChI is InChI=1S/C28H33N7O2/c1-21-9-11-23(12-10-21)35-26-24(30-20-32(2)28(26)37)25(31-35)27(36)29-13-6-14-33-15-17-34(18-16-33)19-22-7-4-3-5-8-22/h3-5,7-12,20H,6,13-19H2,1-2H3,(H,29,36). The van der Waals surface area contributed by atoms with Crippen molar-refractivity contribution in [3.63, 3.8) is 0 Å². The second-order valence-electron chi connectivity index (χ2n) is 9.67. The van der Waals surface area contributed by atoms with Crippen LogP contribution in [0.15, 0.2) is 65.7 Å². The predicted octanol–water partition coefficient (Wildman–Crippen LogP) is 2.37. The van der Waals surface area contributed by atoms with Crippen LogP contribution in [0.4, 0.5) is 0 Å². The molecule has 3 heterocycles. The van der Waals surface area contributed by atoms with E-state index in [1.54, 1.807) is 7.05 Å². The fourth-order valence-electron chi connectivity index (χ4n) is 4.71. The molecule has 2 aromatic carbocycles. The van der Waals surface area contributed by atoms with Gasteiger partial charge in [0, 0.05) is 46.3 Å². The Balaban J connectivity index is 1.18. The zero-order valence-electron chi connectivity index (χ0n) is 21.4. The third-order valence-electron chi connectivity index (χ3n) is 6.89. The number of fused-ring (bicyclic) bond motifs is 1. The summed E-state index contributed by atoms with van der Waals surface area (Å²) in [7, 11) is 1.64. The maximum absolute atomic E-state index is 13.1. The molecule has 2 aromatic heterocycles. The van der Waals surface area contributed by atoms with Crippen molar-refractivity contribution in [2.75, 3.05) is 39.3 Å². The first-order valence-corrected chi connectivity index (χ1v) is 12.8. The Hall–Kier alpha value is -3.82. The van der Waals surface area contributed by atoms with Crippen molar-refractivity contribution < 1.29 is 4.79 Å². The molecule has 1 aliphatic rings. The van der Waals surface area contributed by atoms with Crippen LogP contribution in [0.25, 0.3) is 16.7 Å². The number of hydrogen-bond acceptors (Lipinski definition) is 6. The number of nitrogens with zero attached hydrogens (tertiary/aromatic N) is 6. The monoisotopic (exact) mass is 499 g/mol. The normalized spacial score (nSPS) is 14.8. The number of carbonyl (C=O) groups is 1. The summed E-state index contributed by atoms with van der Waals surface area (Å²) in [4.78, 5) is 35.3. The highest BCUT2D eigenvalue weighted by Gasteiger charge is 2.22. The molecule has 1 aliphatic heterocycles. The summed E-state index contributed by atoms with van der Waals surface area (Å²) in [5.41, 5.74) is 3.70. The van der Waals surface area contributed by atoms with Crippen LogP contribution in [0.2, 0.25) is 0 Å². The molecule has 9 heteroatoms. The first-order valence-electron chi connectivity index (χ1n) is 12.8. The summed E-state index contributed by atoms with van der Waals surface area (Å²) >= 11 is 0. The average molecular weight is 500 g/mol. The molecule has 9 nitrogen and oxygen atoms in total. The Morgan fingerprint density at radius 3 is 2.41 bits per heavy atom. The van der Waals surface area contributed by atoms with Gasteiger partial charge in [0.15, 0.2) is 11.2 Å². The SMILES string of the molecule is Cc1ccc(-n2nc(C(=O)NCCCN3CCN(Cc4ccccc4)CC3)c3ncn(C)c(=O)c32)cc1. The van der Waals surface area contributed by atoms with Gasteiger partial charge in [-0.1, -0.05) is 48.0 Å². The molecule has 0 radical (unpaired) electrons. The lowest BCUT2D eigenvalue weighted by atomic mass is 10.2. The van der Waals surface area contributed by atoms with Gasteiger partial charge in [-0.05, 0) is 37.6 Å². The van der Waals surface area contributed by atoms with E-state index in [0.717, 1.165) is 51.3 Å². The molecule has 0 bridgehead atoms. The van der Waals surface area contributed by atoms with Gasteiger partial charge in [0.25, 0.3) is 11.5 Å². The fourth-order valence-corrected chi connectivity index (χ4v) is 4.71. The maximum atomic E-state index is 13.1. The molecule has 0 atom stereocenters. The second-order valence-corrected chi connectivity index (χ2v) is 9.67. The van der Waals surface area contributed by atoms with E-state index in [-0.39, 0.29) is 17.2 Å². The molecule has 1 fully saturated rings. The molecule has 0 saturated carbocycles. The van der Waals surface area contributed by atoms with Gasteiger partial charge < -0.3 is 14.8 Å². The van der Waals surface area contributed by atoms with Crippen LogP contribution in [0.3, 0.4) is 0 Å². The van der Waals surface area contributed by atoms with Crippen molar-refractivity contribution in [3.05, 3.63) is 88.1 Å². The molecule has 37 heavy (non-hydrogen) atoms. The summed E-state index contributed by atoms with van der Waals surface area (Å²) in [6.45, 7) is 8.59. The zero-order chi connectivity index (χ0) is 25.8. The van der Waals surface area contributed by atoms with Crippen molar-refractivity contribution >= 4 is 16.9 Å². The third kappa shape index (κ3) is 5.63. The number of nitrogens with one attached hydrogen (secondary N) is 1. The largest absolute Gasteiger partial charge is 0.351 e. The average Bonchev–Trinajstić information content (AvgIpc) is 3.31. The van der Waals surface area contributed by atoms with E-state index < -0.39 is 0 Å². The molecular weight excluding hydrogens is 466 g/mol. The highest BCUT2D eigenvalue weighted by Crippen LogP contribution is 2.18. The molecule has 1 N–H and O–H groups in total. The lowest BCUT2D eigenvalue weighted by molar-refractivity contribution is 0.0943. The highest BCUT2D eigenvalue weighted by molar-refractivity contribution is 6.03. The summed E-state index contributed by atoms with van der Waals surface area (Å²) < 4.78 is 2.92. The number of aromatic nitrogens is 4. The van der Waals surface area contributed by atoms with Crippen molar-refractivity contribution in [1.29, 1.82) is 0 Å². The Morgan fingerprint density at radius 1 is 0.973 bits per heavy atom. The van der Waals surface area contributed by atoms with Gasteiger partial charge in [-0.25, -0.2) is 9.67 Å². The molecule has 1 amide bonds. The fraction of sp³-hybridized carbons (Fsp3) is 0.357. The van der Waals surface area contributed by atoms with Gasteiger partial charge in [0.2, 0.25) is 0 Å². The number of rotatable bonds is 8. The van der Waals surface area contributed by atoms with E-state index in [1.807, 2.05) is 31.2 Å². The molecule has 192 valence electrons. The molecule has 5 rings (SSSR count). The van der Waals surface area contributed by atoms with Gasteiger partial charge in [-0.3, -0.25) is 14.5 Å². The Bertz CT molecular complexity index is 1420. The van der Waals surface area contributed by atoms with E-state index in [2.05, 4.69) is 55.5 Å². The van der Waals surface area contributed by atoms with Crippen molar-refractivity contribution in [2.45, 2.75) is 19.9 Å². The van der Waals surface area contributed by atoms with E-state index in [1.165, 1.54) is 21.1 Å². The summed E-state index contributed by atoms with van der Waals surface area (Å²) in [6.07, 6.45) is 2.27. The quantitative estimate of drug-likeness (QED) is 0.375. The first-order chi connectivity index (χ1) is 18.0. The van der Waals surface area contributed by atoms with Crippen LogP contribution in [0.5, 0.6) is 0 Å². The minimum absolute atomic E-state index is 0.169. The van der Waals surface area contributed by atoms with Crippen LogP contribution >= 0.6 is 0 Å². The lowest BCUT2D eigenvalue weighted by Gasteiger charge is -2.34. The number of piperazine rings is 1. The highest BCUT2D eigenvalue weighted by atomic mass is 16.2. The molecule has 0 aliphatic carbocycles. The first kappa shape index (κ1) is 24.9. The third-order valence-corrected chi connectivity index (χ3v) is 6.89. The minimum atomic E-state index is -0.315. The van der Waals surface area contributed by atoms with Gasteiger partial charge in [-0.15, -0.1) is 0 Å². The number of aryl methyl sites for hydroxylation is 2. The van der Waals surface area contributed by atoms with Crippen LogP contribution in [0.1, 0.15) is 28.0 Å². The number of hydrogen-bond donors (Lipinski definition) is 1. The van der Waals surface area contributed by atoms with Gasteiger partial charge in [-0.2, -0.15) is 5.10 Å². The number of carbonyl (C=O) groups excluding carboxylic acids is 1. The molecule has 4 aromatic rings. The molecule has 1 saturated heterocycles. The van der Waals surface area contributed by atoms with E-state index in [0.29, 0.717) is 23.3 Å². The Kier molecular flexibility index (Phi) is 7.43. The maximum Gasteiger partial charge on any atom is 0.279 e. The smallest absolute Gasteiger partial charge is 0.279 e. The van der Waals surface area contributed by atoms with Crippen molar-refractivity contribution in [2.24, 2.45) is 7.05 Å². The topological polar surface area (TPSA) is 88.3 Å². The zero-order valence-corrected chi connectivity index (χ0v) is 21.4. The van der Waals surface area contributed by atoms with Gasteiger partial charge in [0.1, 0.15) is 5.52 Å². The summed E-state index contributed by atoms with van der Waals surface area (Å²) in [5, 5.41) is 7.49. The molecule has 0 unspecified atom stereocenters. The van der Waals surface area contributed by atoms with Crippen molar-refractivity contribution in [3.8, 4) is 5.69 Å². The van der Waals surface area contributed by atoms with Crippen LogP contribution < -0.4 is 10.9 Å². The predicted molar refractivity (Wildman–Crippen MR) is 144 cm³/mol.